The average Bonchev–Trinajstić information content (AvgIpc) is 2.89. The van der Waals surface area contributed by atoms with Crippen LogP contribution >= 0.6 is 28.1 Å². The topological polar surface area (TPSA) is 45.1 Å². The zero-order valence-corrected chi connectivity index (χ0v) is 17.1. The van der Waals surface area contributed by atoms with Crippen molar-refractivity contribution >= 4 is 56.3 Å². The van der Waals surface area contributed by atoms with Crippen LogP contribution in [-0.4, -0.2) is 37.9 Å². The maximum absolute atomic E-state index is 12.8. The van der Waals surface area contributed by atoms with E-state index >= 15 is 0 Å². The van der Waals surface area contributed by atoms with Crippen molar-refractivity contribution in [3.8, 4) is 5.75 Å². The highest BCUT2D eigenvalue weighted by atomic mass is 79.9. The zero-order valence-electron chi connectivity index (χ0n) is 14.7. The van der Waals surface area contributed by atoms with Gasteiger partial charge in [-0.1, -0.05) is 22.0 Å². The minimum atomic E-state index is -0.198. The Labute approximate surface area is 166 Å². The Kier molecular flexibility index (Phi) is 5.38. The normalized spacial score (nSPS) is 13.8. The van der Waals surface area contributed by atoms with Crippen molar-refractivity contribution in [1.82, 2.24) is 0 Å². The molecule has 0 aliphatic carbocycles. The number of amides is 1. The molecule has 134 valence electrons. The number of ether oxygens (including phenoxy) is 1. The molecule has 1 aliphatic rings. The van der Waals surface area contributed by atoms with Gasteiger partial charge >= 0.3 is 0 Å². The molecule has 26 heavy (non-hydrogen) atoms. The summed E-state index contributed by atoms with van der Waals surface area (Å²) in [5.41, 5.74) is 3.04. The Morgan fingerprint density at radius 3 is 2.50 bits per heavy atom. The first-order valence-corrected chi connectivity index (χ1v) is 9.16. The predicted octanol–water partition coefficient (Wildman–Crippen LogP) is 3.84. The number of carbonyl (C=O) groups excluding carboxylic acids is 1. The van der Waals surface area contributed by atoms with Crippen molar-refractivity contribution in [2.24, 2.45) is 4.99 Å². The van der Waals surface area contributed by atoms with Gasteiger partial charge in [0.25, 0.3) is 5.91 Å². The van der Waals surface area contributed by atoms with Gasteiger partial charge in [-0.15, -0.1) is 0 Å². The number of nitrogens with zero attached hydrogens (tertiary/aromatic N) is 3. The first-order valence-electron chi connectivity index (χ1n) is 7.96. The number of benzene rings is 2. The van der Waals surface area contributed by atoms with Crippen LogP contribution in [0, 0.1) is 0 Å². The van der Waals surface area contributed by atoms with Gasteiger partial charge in [0.2, 0.25) is 5.11 Å². The number of hydrogen-bond acceptors (Lipinski definition) is 4. The standard InChI is InChI=1S/C19H18BrN3O2S/c1-22(2)15-7-4-12(17(11-15)25-3)10-16-18(24)23(19(26)21-16)14-8-5-13(20)6-9-14/h4-9,11H,10H2,1-3H3. The number of anilines is 2. The number of carbonyl (C=O) groups is 1. The van der Waals surface area contributed by atoms with Crippen LogP contribution in [0.15, 0.2) is 51.9 Å². The molecule has 7 heteroatoms. The Balaban J connectivity index is 1.85. The summed E-state index contributed by atoms with van der Waals surface area (Å²) in [6.07, 6.45) is 0.364. The van der Waals surface area contributed by atoms with Gasteiger partial charge in [-0.05, 0) is 42.5 Å². The highest BCUT2D eigenvalue weighted by Gasteiger charge is 2.32. The number of thiocarbonyl (C=S) groups is 1. The molecule has 0 fully saturated rings. The maximum Gasteiger partial charge on any atom is 0.279 e. The Hall–Kier alpha value is -2.25. The van der Waals surface area contributed by atoms with Gasteiger partial charge in [0.15, 0.2) is 0 Å². The summed E-state index contributed by atoms with van der Waals surface area (Å²) in [5.74, 6) is 0.524. The fourth-order valence-corrected chi connectivity index (χ4v) is 3.26. The molecule has 1 aliphatic heterocycles. The number of rotatable bonds is 5. The van der Waals surface area contributed by atoms with E-state index in [2.05, 4.69) is 20.9 Å². The van der Waals surface area contributed by atoms with E-state index in [0.29, 0.717) is 17.8 Å². The summed E-state index contributed by atoms with van der Waals surface area (Å²) in [6.45, 7) is 0. The van der Waals surface area contributed by atoms with Gasteiger partial charge < -0.3 is 9.64 Å². The fraction of sp³-hybridized carbons (Fsp3) is 0.211. The third kappa shape index (κ3) is 3.64. The van der Waals surface area contributed by atoms with Gasteiger partial charge in [0.1, 0.15) is 11.5 Å². The van der Waals surface area contributed by atoms with Crippen LogP contribution in [0.3, 0.4) is 0 Å². The summed E-state index contributed by atoms with van der Waals surface area (Å²) in [4.78, 5) is 20.6. The van der Waals surface area contributed by atoms with Crippen LogP contribution < -0.4 is 14.5 Å². The third-order valence-electron chi connectivity index (χ3n) is 4.10. The summed E-state index contributed by atoms with van der Waals surface area (Å²) in [5, 5.41) is 0.260. The van der Waals surface area contributed by atoms with Crippen LogP contribution in [0.5, 0.6) is 5.75 Å². The molecule has 1 amide bonds. The van der Waals surface area contributed by atoms with E-state index in [9.17, 15) is 4.79 Å². The van der Waals surface area contributed by atoms with Crippen LogP contribution in [-0.2, 0) is 11.2 Å². The zero-order chi connectivity index (χ0) is 18.8. The molecule has 0 saturated heterocycles. The first-order chi connectivity index (χ1) is 12.4. The van der Waals surface area contributed by atoms with Gasteiger partial charge in [0.05, 0.1) is 12.8 Å². The second-order valence-electron chi connectivity index (χ2n) is 6.03. The number of hydrogen-bond donors (Lipinski definition) is 0. The van der Waals surface area contributed by atoms with Crippen LogP contribution in [0.25, 0.3) is 0 Å². The summed E-state index contributed by atoms with van der Waals surface area (Å²) in [6, 6.07) is 13.3. The van der Waals surface area contributed by atoms with E-state index in [1.807, 2.05) is 61.5 Å². The molecule has 3 rings (SSSR count). The van der Waals surface area contributed by atoms with Crippen molar-refractivity contribution in [3.63, 3.8) is 0 Å². The quantitative estimate of drug-likeness (QED) is 0.674. The van der Waals surface area contributed by atoms with Crippen molar-refractivity contribution in [3.05, 3.63) is 52.5 Å². The summed E-state index contributed by atoms with van der Waals surface area (Å²) in [7, 11) is 5.55. The van der Waals surface area contributed by atoms with E-state index in [1.54, 1.807) is 7.11 Å². The molecular weight excluding hydrogens is 414 g/mol. The lowest BCUT2D eigenvalue weighted by Gasteiger charge is -2.17. The number of aliphatic imine (C=N–C) groups is 1. The van der Waals surface area contributed by atoms with E-state index < -0.39 is 0 Å². The molecule has 0 spiro atoms. The minimum absolute atomic E-state index is 0.198. The Bertz CT molecular complexity index is 894. The Morgan fingerprint density at radius 1 is 1.19 bits per heavy atom. The van der Waals surface area contributed by atoms with E-state index in [-0.39, 0.29) is 11.0 Å². The molecule has 0 radical (unpaired) electrons. The van der Waals surface area contributed by atoms with Crippen LogP contribution in [0.2, 0.25) is 0 Å². The molecule has 2 aromatic rings. The minimum Gasteiger partial charge on any atom is -0.496 e. The number of halogens is 1. The second-order valence-corrected chi connectivity index (χ2v) is 7.31. The molecule has 0 atom stereocenters. The smallest absolute Gasteiger partial charge is 0.279 e. The van der Waals surface area contributed by atoms with Crippen molar-refractivity contribution in [2.75, 3.05) is 31.0 Å². The highest BCUT2D eigenvalue weighted by Crippen LogP contribution is 2.28. The van der Waals surface area contributed by atoms with Gasteiger partial charge in [0, 0.05) is 42.3 Å². The monoisotopic (exact) mass is 431 g/mol. The lowest BCUT2D eigenvalue weighted by molar-refractivity contribution is -0.111. The SMILES string of the molecule is COc1cc(N(C)C)ccc1CC1=NC(=S)N(c2ccc(Br)cc2)C1=O. The molecule has 2 aromatic carbocycles. The van der Waals surface area contributed by atoms with Crippen LogP contribution in [0.4, 0.5) is 11.4 Å². The lowest BCUT2D eigenvalue weighted by atomic mass is 10.1. The van der Waals surface area contributed by atoms with Crippen LogP contribution in [0.1, 0.15) is 5.56 Å². The molecule has 0 N–H and O–H groups in total. The van der Waals surface area contributed by atoms with Crippen molar-refractivity contribution in [2.45, 2.75) is 6.42 Å². The van der Waals surface area contributed by atoms with Gasteiger partial charge in [-0.2, -0.15) is 0 Å². The second kappa shape index (κ2) is 7.55. The van der Waals surface area contributed by atoms with E-state index in [4.69, 9.17) is 17.0 Å². The molecular formula is C19H18BrN3O2S. The number of methoxy groups -OCH3 is 1. The average molecular weight is 432 g/mol. The van der Waals surface area contributed by atoms with E-state index in [1.165, 1.54) is 4.90 Å². The molecule has 0 aromatic heterocycles. The largest absolute Gasteiger partial charge is 0.496 e. The molecule has 0 saturated carbocycles. The highest BCUT2D eigenvalue weighted by molar-refractivity contribution is 9.10. The Morgan fingerprint density at radius 2 is 1.88 bits per heavy atom. The van der Waals surface area contributed by atoms with Crippen molar-refractivity contribution in [1.29, 1.82) is 0 Å². The molecule has 1 heterocycles. The molecule has 0 bridgehead atoms. The maximum atomic E-state index is 12.8. The summed E-state index contributed by atoms with van der Waals surface area (Å²) >= 11 is 8.70. The van der Waals surface area contributed by atoms with E-state index in [0.717, 1.165) is 21.5 Å². The molecule has 5 nitrogen and oxygen atoms in total. The fourth-order valence-electron chi connectivity index (χ4n) is 2.70. The first kappa shape index (κ1) is 18.5. The predicted molar refractivity (Wildman–Crippen MR) is 113 cm³/mol. The molecule has 0 unspecified atom stereocenters. The lowest BCUT2D eigenvalue weighted by Crippen LogP contribution is -2.33. The third-order valence-corrected chi connectivity index (χ3v) is 4.90. The summed E-state index contributed by atoms with van der Waals surface area (Å²) < 4.78 is 6.42. The van der Waals surface area contributed by atoms with Gasteiger partial charge in [-0.25, -0.2) is 4.99 Å². The van der Waals surface area contributed by atoms with Gasteiger partial charge in [-0.3, -0.25) is 9.69 Å². The van der Waals surface area contributed by atoms with Crippen molar-refractivity contribution < 1.29 is 9.53 Å².